The molecule has 1 aromatic rings. The van der Waals surface area contributed by atoms with Crippen LogP contribution in [0.4, 0.5) is 5.69 Å². The maximum absolute atomic E-state index is 12.0. The highest BCUT2D eigenvalue weighted by atomic mass is 32.2. The second kappa shape index (κ2) is 7.00. The van der Waals surface area contributed by atoms with Gasteiger partial charge in [0, 0.05) is 12.6 Å². The van der Waals surface area contributed by atoms with E-state index in [1.165, 1.54) is 19.1 Å². The van der Waals surface area contributed by atoms with Gasteiger partial charge in [0.15, 0.2) is 0 Å². The molecule has 10 heteroatoms. The minimum Gasteiger partial charge on any atom is -0.481 e. The van der Waals surface area contributed by atoms with Crippen molar-refractivity contribution in [2.45, 2.75) is 24.3 Å². The van der Waals surface area contributed by atoms with Gasteiger partial charge in [0.25, 0.3) is 0 Å². The summed E-state index contributed by atoms with van der Waals surface area (Å²) in [5, 5.41) is 19.9. The first kappa shape index (κ1) is 17.6. The fraction of sp³-hybridized carbons (Fsp3) is 0.250. The molecule has 0 fully saturated rings. The lowest BCUT2D eigenvalue weighted by Crippen LogP contribution is -2.42. The second-order valence-corrected chi connectivity index (χ2v) is 6.03. The first-order valence-electron chi connectivity index (χ1n) is 5.96. The average Bonchev–Trinajstić information content (AvgIpc) is 2.36. The molecule has 0 saturated carbocycles. The van der Waals surface area contributed by atoms with E-state index >= 15 is 0 Å². The van der Waals surface area contributed by atoms with Crippen molar-refractivity contribution in [1.29, 1.82) is 0 Å². The molecule has 0 bridgehead atoms. The van der Waals surface area contributed by atoms with E-state index in [1.807, 2.05) is 0 Å². The SMILES string of the molecule is CC(=O)Nc1ccc(S(=O)(=O)NC(CC(=O)O)C(=O)O)cc1. The molecule has 1 atom stereocenters. The van der Waals surface area contributed by atoms with Gasteiger partial charge in [-0.1, -0.05) is 0 Å². The van der Waals surface area contributed by atoms with E-state index in [2.05, 4.69) is 5.32 Å². The highest BCUT2D eigenvalue weighted by Gasteiger charge is 2.27. The number of sulfonamides is 1. The fourth-order valence-electron chi connectivity index (χ4n) is 1.53. The van der Waals surface area contributed by atoms with E-state index in [-0.39, 0.29) is 10.8 Å². The van der Waals surface area contributed by atoms with E-state index < -0.39 is 34.4 Å². The Hall–Kier alpha value is -2.46. The topological polar surface area (TPSA) is 150 Å². The second-order valence-electron chi connectivity index (χ2n) is 4.32. The summed E-state index contributed by atoms with van der Waals surface area (Å²) in [6, 6.07) is 3.18. The number of anilines is 1. The Morgan fingerprint density at radius 3 is 2.09 bits per heavy atom. The van der Waals surface area contributed by atoms with E-state index in [0.29, 0.717) is 5.69 Å². The maximum atomic E-state index is 12.0. The zero-order valence-electron chi connectivity index (χ0n) is 11.4. The number of amides is 1. The third kappa shape index (κ3) is 5.14. The molecule has 0 saturated heterocycles. The van der Waals surface area contributed by atoms with Crippen LogP contribution in [0, 0.1) is 0 Å². The summed E-state index contributed by atoms with van der Waals surface area (Å²) in [5.74, 6) is -3.38. The maximum Gasteiger partial charge on any atom is 0.322 e. The monoisotopic (exact) mass is 330 g/mol. The predicted molar refractivity (Wildman–Crippen MR) is 74.7 cm³/mol. The molecule has 1 aromatic carbocycles. The van der Waals surface area contributed by atoms with Crippen molar-refractivity contribution >= 4 is 33.6 Å². The van der Waals surface area contributed by atoms with Crippen molar-refractivity contribution in [2.75, 3.05) is 5.32 Å². The van der Waals surface area contributed by atoms with Gasteiger partial charge in [0.1, 0.15) is 6.04 Å². The Balaban J connectivity index is 2.95. The van der Waals surface area contributed by atoms with Crippen LogP contribution in [0.25, 0.3) is 0 Å². The van der Waals surface area contributed by atoms with Gasteiger partial charge in [0.05, 0.1) is 11.3 Å². The number of hydrogen-bond donors (Lipinski definition) is 4. The van der Waals surface area contributed by atoms with Crippen LogP contribution in [0.5, 0.6) is 0 Å². The van der Waals surface area contributed by atoms with Gasteiger partial charge in [-0.05, 0) is 24.3 Å². The largest absolute Gasteiger partial charge is 0.481 e. The van der Waals surface area contributed by atoms with E-state index in [1.54, 1.807) is 4.72 Å². The summed E-state index contributed by atoms with van der Waals surface area (Å²) in [6.07, 6.45) is -0.890. The van der Waals surface area contributed by atoms with Gasteiger partial charge in [-0.3, -0.25) is 14.4 Å². The van der Waals surface area contributed by atoms with Gasteiger partial charge in [-0.25, -0.2) is 8.42 Å². The van der Waals surface area contributed by atoms with Gasteiger partial charge < -0.3 is 15.5 Å². The molecule has 22 heavy (non-hydrogen) atoms. The molecule has 4 N–H and O–H groups in total. The lowest BCUT2D eigenvalue weighted by atomic mass is 10.2. The van der Waals surface area contributed by atoms with Crippen molar-refractivity contribution in [3.63, 3.8) is 0 Å². The third-order valence-corrected chi connectivity index (χ3v) is 3.95. The first-order chi connectivity index (χ1) is 10.1. The lowest BCUT2D eigenvalue weighted by molar-refractivity contribution is -0.145. The third-order valence-electron chi connectivity index (χ3n) is 2.46. The van der Waals surface area contributed by atoms with Crippen molar-refractivity contribution in [1.82, 2.24) is 4.72 Å². The molecule has 0 aromatic heterocycles. The number of carboxylic acids is 2. The molecule has 0 aliphatic rings. The fourth-order valence-corrected chi connectivity index (χ4v) is 2.72. The standard InChI is InChI=1S/C12H14N2O7S/c1-7(15)13-8-2-4-9(5-3-8)22(20,21)14-10(12(18)19)6-11(16)17/h2-5,10,14H,6H2,1H3,(H,13,15)(H,16,17)(H,18,19). The Bertz CT molecular complexity index is 682. The molecule has 0 radical (unpaired) electrons. The molecule has 0 aliphatic heterocycles. The van der Waals surface area contributed by atoms with Crippen LogP contribution < -0.4 is 10.0 Å². The van der Waals surface area contributed by atoms with Crippen molar-refractivity contribution in [2.24, 2.45) is 0 Å². The van der Waals surface area contributed by atoms with E-state index in [4.69, 9.17) is 10.2 Å². The normalized spacial score (nSPS) is 12.4. The molecule has 1 unspecified atom stereocenters. The number of rotatable bonds is 7. The molecule has 0 heterocycles. The Labute approximate surface area is 126 Å². The minimum atomic E-state index is -4.20. The molecule has 120 valence electrons. The lowest BCUT2D eigenvalue weighted by Gasteiger charge is -2.13. The van der Waals surface area contributed by atoms with Gasteiger partial charge in [0.2, 0.25) is 15.9 Å². The van der Waals surface area contributed by atoms with Gasteiger partial charge in [-0.2, -0.15) is 4.72 Å². The zero-order chi connectivity index (χ0) is 16.9. The highest BCUT2D eigenvalue weighted by molar-refractivity contribution is 7.89. The van der Waals surface area contributed by atoms with Crippen LogP contribution in [-0.2, 0) is 24.4 Å². The quantitative estimate of drug-likeness (QED) is 0.543. The van der Waals surface area contributed by atoms with Crippen LogP contribution in [0.2, 0.25) is 0 Å². The predicted octanol–water partition coefficient (Wildman–Crippen LogP) is -0.149. The minimum absolute atomic E-state index is 0.252. The number of aliphatic carboxylic acids is 2. The van der Waals surface area contributed by atoms with Crippen LogP contribution >= 0.6 is 0 Å². The average molecular weight is 330 g/mol. The van der Waals surface area contributed by atoms with Crippen LogP contribution in [0.15, 0.2) is 29.2 Å². The zero-order valence-corrected chi connectivity index (χ0v) is 12.3. The Morgan fingerprint density at radius 1 is 1.14 bits per heavy atom. The smallest absolute Gasteiger partial charge is 0.322 e. The number of nitrogens with one attached hydrogen (secondary N) is 2. The molecule has 0 aliphatic carbocycles. The molecule has 1 amide bonds. The van der Waals surface area contributed by atoms with Crippen molar-refractivity contribution < 1.29 is 33.0 Å². The number of carbonyl (C=O) groups excluding carboxylic acids is 1. The summed E-state index contributed by atoms with van der Waals surface area (Å²) in [4.78, 5) is 32.0. The van der Waals surface area contributed by atoms with Crippen LogP contribution in [0.1, 0.15) is 13.3 Å². The Morgan fingerprint density at radius 2 is 1.68 bits per heavy atom. The number of carboxylic acid groups (broad SMARTS) is 2. The van der Waals surface area contributed by atoms with E-state index in [0.717, 1.165) is 12.1 Å². The summed E-state index contributed by atoms with van der Waals surface area (Å²) in [6.45, 7) is 1.29. The summed E-state index contributed by atoms with van der Waals surface area (Å²) in [5.41, 5.74) is 0.367. The van der Waals surface area contributed by atoms with E-state index in [9.17, 15) is 22.8 Å². The van der Waals surface area contributed by atoms with Crippen LogP contribution in [-0.4, -0.2) is 42.5 Å². The highest BCUT2D eigenvalue weighted by Crippen LogP contribution is 2.14. The molecular weight excluding hydrogens is 316 g/mol. The van der Waals surface area contributed by atoms with Crippen molar-refractivity contribution in [3.05, 3.63) is 24.3 Å². The summed E-state index contributed by atoms with van der Waals surface area (Å²) >= 11 is 0. The van der Waals surface area contributed by atoms with Gasteiger partial charge in [-0.15, -0.1) is 0 Å². The summed E-state index contributed by atoms with van der Waals surface area (Å²) in [7, 11) is -4.20. The molecule has 9 nitrogen and oxygen atoms in total. The first-order valence-corrected chi connectivity index (χ1v) is 7.44. The Kier molecular flexibility index (Phi) is 5.60. The van der Waals surface area contributed by atoms with Crippen LogP contribution in [0.3, 0.4) is 0 Å². The molecule has 0 spiro atoms. The summed E-state index contributed by atoms with van der Waals surface area (Å²) < 4.78 is 25.8. The number of hydrogen-bond acceptors (Lipinski definition) is 5. The van der Waals surface area contributed by atoms with Crippen molar-refractivity contribution in [3.8, 4) is 0 Å². The van der Waals surface area contributed by atoms with Gasteiger partial charge >= 0.3 is 11.9 Å². The molecule has 1 rings (SSSR count). The number of carbonyl (C=O) groups is 3. The molecular formula is C12H14N2O7S. The number of benzene rings is 1.